The highest BCUT2D eigenvalue weighted by Gasteiger charge is 2.25. The van der Waals surface area contributed by atoms with Crippen LogP contribution in [0.5, 0.6) is 0 Å². The predicted octanol–water partition coefficient (Wildman–Crippen LogP) is 5.91. The maximum Gasteiger partial charge on any atom is 0.133 e. The molecule has 0 saturated carbocycles. The van der Waals surface area contributed by atoms with Gasteiger partial charge in [0.2, 0.25) is 0 Å². The van der Waals surface area contributed by atoms with Gasteiger partial charge in [-0.2, -0.15) is 0 Å². The minimum absolute atomic E-state index is 0.273. The average molecular weight is 254 g/mol. The Balaban J connectivity index is 4.07. The van der Waals surface area contributed by atoms with Crippen molar-refractivity contribution in [2.24, 2.45) is 5.41 Å². The molecular formula is C17H34O. The summed E-state index contributed by atoms with van der Waals surface area (Å²) in [5.41, 5.74) is 0.273. The molecule has 0 radical (unpaired) electrons. The SMILES string of the molecule is CCCCCCCC(C)(CCCC)CC(=O)CC. The summed E-state index contributed by atoms with van der Waals surface area (Å²) in [6.45, 7) is 8.81. The molecule has 1 unspecified atom stereocenters. The summed E-state index contributed by atoms with van der Waals surface area (Å²) in [4.78, 5) is 11.7. The number of ketones is 1. The molecule has 0 rings (SSSR count). The summed E-state index contributed by atoms with van der Waals surface area (Å²) >= 11 is 0. The zero-order valence-corrected chi connectivity index (χ0v) is 13.2. The van der Waals surface area contributed by atoms with Crippen molar-refractivity contribution in [3.63, 3.8) is 0 Å². The van der Waals surface area contributed by atoms with Crippen LogP contribution in [0.2, 0.25) is 0 Å². The Morgan fingerprint density at radius 2 is 1.39 bits per heavy atom. The molecule has 0 aliphatic heterocycles. The first kappa shape index (κ1) is 17.7. The van der Waals surface area contributed by atoms with Gasteiger partial charge in [-0.1, -0.05) is 72.6 Å². The van der Waals surface area contributed by atoms with Gasteiger partial charge in [0.05, 0.1) is 0 Å². The number of hydrogen-bond acceptors (Lipinski definition) is 1. The number of unbranched alkanes of at least 4 members (excludes halogenated alkanes) is 5. The molecule has 0 spiro atoms. The van der Waals surface area contributed by atoms with Crippen molar-refractivity contribution in [1.82, 2.24) is 0 Å². The standard InChI is InChI=1S/C17H34O/c1-5-8-10-11-12-14-17(4,13-9-6-2)15-16(18)7-3/h5-15H2,1-4H3. The second-order valence-corrected chi connectivity index (χ2v) is 6.15. The van der Waals surface area contributed by atoms with Crippen molar-refractivity contribution in [1.29, 1.82) is 0 Å². The van der Waals surface area contributed by atoms with Crippen molar-refractivity contribution in [3.8, 4) is 0 Å². The minimum Gasteiger partial charge on any atom is -0.300 e. The largest absolute Gasteiger partial charge is 0.300 e. The molecule has 1 atom stereocenters. The maximum absolute atomic E-state index is 11.7. The van der Waals surface area contributed by atoms with Crippen LogP contribution in [0.4, 0.5) is 0 Å². The first-order valence-electron chi connectivity index (χ1n) is 8.09. The monoisotopic (exact) mass is 254 g/mol. The van der Waals surface area contributed by atoms with Crippen LogP contribution in [0.3, 0.4) is 0 Å². The molecule has 0 aromatic heterocycles. The van der Waals surface area contributed by atoms with Crippen LogP contribution in [-0.4, -0.2) is 5.78 Å². The fourth-order valence-corrected chi connectivity index (χ4v) is 2.66. The van der Waals surface area contributed by atoms with Gasteiger partial charge in [-0.05, 0) is 18.3 Å². The van der Waals surface area contributed by atoms with Gasteiger partial charge in [0.25, 0.3) is 0 Å². The minimum atomic E-state index is 0.273. The van der Waals surface area contributed by atoms with Gasteiger partial charge >= 0.3 is 0 Å². The summed E-state index contributed by atoms with van der Waals surface area (Å²) in [5.74, 6) is 0.446. The van der Waals surface area contributed by atoms with E-state index in [0.717, 1.165) is 6.42 Å². The Kier molecular flexibility index (Phi) is 10.4. The summed E-state index contributed by atoms with van der Waals surface area (Å²) in [6.07, 6.45) is 13.2. The quantitative estimate of drug-likeness (QED) is 0.395. The van der Waals surface area contributed by atoms with E-state index >= 15 is 0 Å². The summed E-state index contributed by atoms with van der Waals surface area (Å²) in [6, 6.07) is 0. The number of Topliss-reactive ketones (excluding diaryl/α,β-unsaturated/α-hetero) is 1. The molecule has 18 heavy (non-hydrogen) atoms. The Morgan fingerprint density at radius 3 is 1.94 bits per heavy atom. The van der Waals surface area contributed by atoms with Crippen LogP contribution in [0.25, 0.3) is 0 Å². The zero-order chi connectivity index (χ0) is 13.9. The normalized spacial score (nSPS) is 14.4. The van der Waals surface area contributed by atoms with E-state index in [2.05, 4.69) is 20.8 Å². The van der Waals surface area contributed by atoms with Gasteiger partial charge in [-0.15, -0.1) is 0 Å². The van der Waals surface area contributed by atoms with Crippen molar-refractivity contribution < 1.29 is 4.79 Å². The molecule has 0 aliphatic rings. The average Bonchev–Trinajstić information content (AvgIpc) is 2.36. The number of rotatable bonds is 12. The van der Waals surface area contributed by atoms with Gasteiger partial charge in [-0.3, -0.25) is 4.79 Å². The van der Waals surface area contributed by atoms with E-state index < -0.39 is 0 Å². The molecule has 0 bridgehead atoms. The molecule has 0 amide bonds. The van der Waals surface area contributed by atoms with Gasteiger partial charge in [0, 0.05) is 12.8 Å². The van der Waals surface area contributed by atoms with Crippen LogP contribution >= 0.6 is 0 Å². The van der Waals surface area contributed by atoms with E-state index in [-0.39, 0.29) is 5.41 Å². The summed E-state index contributed by atoms with van der Waals surface area (Å²) < 4.78 is 0. The van der Waals surface area contributed by atoms with Crippen LogP contribution in [-0.2, 0) is 4.79 Å². The second kappa shape index (κ2) is 10.6. The van der Waals surface area contributed by atoms with E-state index in [9.17, 15) is 4.79 Å². The van der Waals surface area contributed by atoms with Gasteiger partial charge < -0.3 is 0 Å². The highest BCUT2D eigenvalue weighted by atomic mass is 16.1. The van der Waals surface area contributed by atoms with Crippen LogP contribution in [0.15, 0.2) is 0 Å². The van der Waals surface area contributed by atoms with Crippen molar-refractivity contribution in [3.05, 3.63) is 0 Å². The van der Waals surface area contributed by atoms with Gasteiger partial charge in [0.15, 0.2) is 0 Å². The second-order valence-electron chi connectivity index (χ2n) is 6.15. The summed E-state index contributed by atoms with van der Waals surface area (Å²) in [5, 5.41) is 0. The van der Waals surface area contributed by atoms with E-state index in [1.54, 1.807) is 0 Å². The van der Waals surface area contributed by atoms with Gasteiger partial charge in [0.1, 0.15) is 5.78 Å². The number of carbonyl (C=O) groups excluding carboxylic acids is 1. The smallest absolute Gasteiger partial charge is 0.133 e. The Hall–Kier alpha value is -0.330. The topological polar surface area (TPSA) is 17.1 Å². The van der Waals surface area contributed by atoms with E-state index in [1.807, 2.05) is 6.92 Å². The summed E-state index contributed by atoms with van der Waals surface area (Å²) in [7, 11) is 0. The molecule has 0 aromatic rings. The number of carbonyl (C=O) groups is 1. The third-order valence-electron chi connectivity index (χ3n) is 4.04. The van der Waals surface area contributed by atoms with Crippen LogP contribution in [0.1, 0.15) is 98.3 Å². The van der Waals surface area contributed by atoms with E-state index in [4.69, 9.17) is 0 Å². The van der Waals surface area contributed by atoms with Crippen LogP contribution < -0.4 is 0 Å². The third kappa shape index (κ3) is 8.72. The Bertz CT molecular complexity index is 210. The zero-order valence-electron chi connectivity index (χ0n) is 13.2. The van der Waals surface area contributed by atoms with Crippen molar-refractivity contribution >= 4 is 5.78 Å². The highest BCUT2D eigenvalue weighted by Crippen LogP contribution is 2.35. The third-order valence-corrected chi connectivity index (χ3v) is 4.04. The van der Waals surface area contributed by atoms with Gasteiger partial charge in [-0.25, -0.2) is 0 Å². The lowest BCUT2D eigenvalue weighted by Crippen LogP contribution is -2.21. The first-order chi connectivity index (χ1) is 8.58. The molecule has 0 heterocycles. The molecule has 0 aromatic carbocycles. The number of hydrogen-bond donors (Lipinski definition) is 0. The Labute approximate surface area is 115 Å². The first-order valence-corrected chi connectivity index (χ1v) is 8.09. The Morgan fingerprint density at radius 1 is 0.833 bits per heavy atom. The molecule has 0 N–H and O–H groups in total. The molecule has 1 nitrogen and oxygen atoms in total. The molecule has 0 saturated heterocycles. The molecule has 0 aliphatic carbocycles. The molecule has 0 fully saturated rings. The lowest BCUT2D eigenvalue weighted by atomic mass is 9.76. The molecule has 108 valence electrons. The van der Waals surface area contributed by atoms with Crippen LogP contribution in [0, 0.1) is 5.41 Å². The van der Waals surface area contributed by atoms with E-state index in [0.29, 0.717) is 12.2 Å². The fraction of sp³-hybridized carbons (Fsp3) is 0.941. The van der Waals surface area contributed by atoms with Crippen molar-refractivity contribution in [2.75, 3.05) is 0 Å². The molecular weight excluding hydrogens is 220 g/mol. The fourth-order valence-electron chi connectivity index (χ4n) is 2.66. The molecule has 1 heteroatoms. The maximum atomic E-state index is 11.7. The predicted molar refractivity (Wildman–Crippen MR) is 80.9 cm³/mol. The lowest BCUT2D eigenvalue weighted by Gasteiger charge is -2.29. The highest BCUT2D eigenvalue weighted by molar-refractivity contribution is 5.78. The van der Waals surface area contributed by atoms with E-state index in [1.165, 1.54) is 57.8 Å². The van der Waals surface area contributed by atoms with Crippen molar-refractivity contribution in [2.45, 2.75) is 98.3 Å². The lowest BCUT2D eigenvalue weighted by molar-refractivity contribution is -0.121.